The lowest BCUT2D eigenvalue weighted by molar-refractivity contribution is 0.337. The molecule has 0 fully saturated rings. The maximum Gasteiger partial charge on any atom is 0.228 e. The Morgan fingerprint density at radius 1 is 1.50 bits per heavy atom. The van der Waals surface area contributed by atoms with Crippen LogP contribution in [0, 0.1) is 0 Å². The first-order chi connectivity index (χ1) is 6.63. The number of rotatable bonds is 2. The molecule has 1 aliphatic rings. The Bertz CT molecular complexity index is 428. The van der Waals surface area contributed by atoms with Crippen molar-refractivity contribution >= 4 is 21.6 Å². The minimum absolute atomic E-state index is 0.321. The summed E-state index contributed by atoms with van der Waals surface area (Å²) < 4.78 is 26.2. The van der Waals surface area contributed by atoms with Crippen molar-refractivity contribution in [2.75, 3.05) is 11.8 Å². The lowest BCUT2D eigenvalue weighted by Crippen LogP contribution is -2.38. The van der Waals surface area contributed by atoms with E-state index in [-0.39, 0.29) is 5.21 Å². The summed E-state index contributed by atoms with van der Waals surface area (Å²) in [6.45, 7) is 1.44. The topological polar surface area (TPSA) is 55.2 Å². The quantitative estimate of drug-likeness (QED) is 0.690. The van der Waals surface area contributed by atoms with Crippen LogP contribution in [-0.2, 0) is 23.1 Å². The molecule has 0 bridgehead atoms. The van der Waals surface area contributed by atoms with Gasteiger partial charge in [0.25, 0.3) is 0 Å². The van der Waals surface area contributed by atoms with Gasteiger partial charge < -0.3 is 4.57 Å². The first kappa shape index (κ1) is 9.95. The summed E-state index contributed by atoms with van der Waals surface area (Å²) in [7, 11) is -3.30. The van der Waals surface area contributed by atoms with Crippen molar-refractivity contribution in [2.45, 2.75) is 13.1 Å². The molecule has 78 valence electrons. The van der Waals surface area contributed by atoms with Gasteiger partial charge in [-0.25, -0.2) is 13.4 Å². The Kier molecular flexibility index (Phi) is 2.50. The zero-order valence-corrected chi connectivity index (χ0v) is 9.00. The number of alkyl halides is 1. The lowest BCUT2D eigenvalue weighted by atomic mass is 10.4. The minimum Gasteiger partial charge on any atom is -0.333 e. The van der Waals surface area contributed by atoms with Crippen molar-refractivity contribution in [3.8, 4) is 0 Å². The summed E-state index contributed by atoms with van der Waals surface area (Å²) in [5, 5.41) is -0.367. The van der Waals surface area contributed by atoms with E-state index in [1.54, 1.807) is 6.20 Å². The summed E-state index contributed by atoms with van der Waals surface area (Å²) in [5.74, 6) is 0.768. The van der Waals surface area contributed by atoms with Crippen LogP contribution in [0.3, 0.4) is 0 Å². The molecule has 0 radical (unpaired) electrons. The average Bonchev–Trinajstić information content (AvgIpc) is 2.64. The largest absolute Gasteiger partial charge is 0.333 e. The SMILES string of the molecule is O=S(=O)(CCl)N1CCn2ccnc2C1. The molecule has 2 heterocycles. The van der Waals surface area contributed by atoms with Gasteiger partial charge in [0.15, 0.2) is 0 Å². The Balaban J connectivity index is 2.23. The second-order valence-electron chi connectivity index (χ2n) is 3.09. The molecule has 0 saturated heterocycles. The molecule has 2 rings (SSSR count). The van der Waals surface area contributed by atoms with Crippen molar-refractivity contribution < 1.29 is 8.42 Å². The molecule has 1 aromatic rings. The van der Waals surface area contributed by atoms with Crippen molar-refractivity contribution in [1.82, 2.24) is 13.9 Å². The molecule has 1 aliphatic heterocycles. The van der Waals surface area contributed by atoms with Crippen LogP contribution in [0.2, 0.25) is 0 Å². The predicted molar refractivity (Wildman–Crippen MR) is 52.3 cm³/mol. The average molecular weight is 236 g/mol. The molecular weight excluding hydrogens is 226 g/mol. The van der Waals surface area contributed by atoms with Crippen LogP contribution in [0.1, 0.15) is 5.82 Å². The van der Waals surface area contributed by atoms with E-state index < -0.39 is 10.0 Å². The van der Waals surface area contributed by atoms with Gasteiger partial charge in [0, 0.05) is 25.5 Å². The van der Waals surface area contributed by atoms with E-state index >= 15 is 0 Å². The van der Waals surface area contributed by atoms with E-state index in [9.17, 15) is 8.42 Å². The molecule has 14 heavy (non-hydrogen) atoms. The molecule has 0 N–H and O–H groups in total. The van der Waals surface area contributed by atoms with Gasteiger partial charge in [-0.1, -0.05) is 0 Å². The number of nitrogens with zero attached hydrogens (tertiary/aromatic N) is 3. The molecule has 0 saturated carbocycles. The third-order valence-electron chi connectivity index (χ3n) is 2.24. The minimum atomic E-state index is -3.30. The highest BCUT2D eigenvalue weighted by molar-refractivity contribution is 7.90. The molecule has 1 aromatic heterocycles. The fourth-order valence-electron chi connectivity index (χ4n) is 1.46. The molecular formula is C7H10ClN3O2S. The zero-order chi connectivity index (χ0) is 10.2. The van der Waals surface area contributed by atoms with Crippen LogP contribution >= 0.6 is 11.6 Å². The molecule has 0 aliphatic carbocycles. The molecule has 0 unspecified atom stereocenters. The van der Waals surface area contributed by atoms with Crippen LogP contribution in [-0.4, -0.2) is 34.0 Å². The van der Waals surface area contributed by atoms with E-state index in [0.717, 1.165) is 5.82 Å². The van der Waals surface area contributed by atoms with Gasteiger partial charge in [0.05, 0.1) is 6.54 Å². The second-order valence-corrected chi connectivity index (χ2v) is 5.64. The number of sulfonamides is 1. The lowest BCUT2D eigenvalue weighted by Gasteiger charge is -2.25. The Morgan fingerprint density at radius 2 is 2.29 bits per heavy atom. The van der Waals surface area contributed by atoms with Crippen molar-refractivity contribution in [3.63, 3.8) is 0 Å². The van der Waals surface area contributed by atoms with Gasteiger partial charge in [-0.15, -0.1) is 11.6 Å². The number of hydrogen-bond acceptors (Lipinski definition) is 3. The normalized spacial score (nSPS) is 18.1. The summed E-state index contributed by atoms with van der Waals surface area (Å²) >= 11 is 5.37. The fourth-order valence-corrected chi connectivity index (χ4v) is 2.68. The predicted octanol–water partition coefficient (Wildman–Crippen LogP) is 0.225. The Labute approximate surface area is 87.3 Å². The van der Waals surface area contributed by atoms with E-state index in [0.29, 0.717) is 19.6 Å². The van der Waals surface area contributed by atoms with Crippen LogP contribution in [0.15, 0.2) is 12.4 Å². The highest BCUT2D eigenvalue weighted by Gasteiger charge is 2.26. The van der Waals surface area contributed by atoms with Gasteiger partial charge in [-0.2, -0.15) is 4.31 Å². The van der Waals surface area contributed by atoms with Crippen molar-refractivity contribution in [1.29, 1.82) is 0 Å². The molecule has 0 atom stereocenters. The van der Waals surface area contributed by atoms with Gasteiger partial charge in [-0.05, 0) is 0 Å². The standard InChI is InChI=1S/C7H10ClN3O2S/c8-6-14(12,13)11-4-3-10-2-1-9-7(10)5-11/h1-2H,3-6H2. The van der Waals surface area contributed by atoms with Crippen LogP contribution in [0.4, 0.5) is 0 Å². The molecule has 0 aromatic carbocycles. The summed E-state index contributed by atoms with van der Waals surface area (Å²) in [5.41, 5.74) is 0. The van der Waals surface area contributed by atoms with E-state index in [4.69, 9.17) is 11.6 Å². The van der Waals surface area contributed by atoms with Crippen LogP contribution in [0.25, 0.3) is 0 Å². The van der Waals surface area contributed by atoms with E-state index in [1.165, 1.54) is 4.31 Å². The van der Waals surface area contributed by atoms with Crippen LogP contribution < -0.4 is 0 Å². The molecule has 0 amide bonds. The van der Waals surface area contributed by atoms with Crippen molar-refractivity contribution in [2.24, 2.45) is 0 Å². The number of imidazole rings is 1. The molecule has 7 heteroatoms. The van der Waals surface area contributed by atoms with Gasteiger partial charge in [0.1, 0.15) is 11.0 Å². The number of hydrogen-bond donors (Lipinski definition) is 0. The first-order valence-corrected chi connectivity index (χ1v) is 6.31. The third-order valence-corrected chi connectivity index (χ3v) is 4.44. The van der Waals surface area contributed by atoms with Crippen molar-refractivity contribution in [3.05, 3.63) is 18.2 Å². The van der Waals surface area contributed by atoms with E-state index in [1.807, 2.05) is 10.8 Å². The maximum absolute atomic E-state index is 11.4. The van der Waals surface area contributed by atoms with E-state index in [2.05, 4.69) is 4.98 Å². The second kappa shape index (κ2) is 3.52. The monoisotopic (exact) mass is 235 g/mol. The highest BCUT2D eigenvalue weighted by Crippen LogP contribution is 2.14. The summed E-state index contributed by atoms with van der Waals surface area (Å²) in [6, 6.07) is 0. The molecule has 0 spiro atoms. The van der Waals surface area contributed by atoms with Gasteiger partial charge in [-0.3, -0.25) is 0 Å². The highest BCUT2D eigenvalue weighted by atomic mass is 35.5. The number of aromatic nitrogens is 2. The number of fused-ring (bicyclic) bond motifs is 1. The van der Waals surface area contributed by atoms with Gasteiger partial charge in [0.2, 0.25) is 10.0 Å². The Morgan fingerprint density at radius 3 is 3.00 bits per heavy atom. The van der Waals surface area contributed by atoms with Crippen LogP contribution in [0.5, 0.6) is 0 Å². The van der Waals surface area contributed by atoms with Gasteiger partial charge >= 0.3 is 0 Å². The maximum atomic E-state index is 11.4. The zero-order valence-electron chi connectivity index (χ0n) is 7.43. The first-order valence-electron chi connectivity index (χ1n) is 4.17. The smallest absolute Gasteiger partial charge is 0.228 e. The Hall–Kier alpha value is -0.590. The number of halogens is 1. The third kappa shape index (κ3) is 1.65. The summed E-state index contributed by atoms with van der Waals surface area (Å²) in [6.07, 6.45) is 3.52. The fraction of sp³-hybridized carbons (Fsp3) is 0.571. The molecule has 5 nitrogen and oxygen atoms in total. The summed E-state index contributed by atoms with van der Waals surface area (Å²) in [4.78, 5) is 4.07.